The molecule has 4 aromatic rings. The van der Waals surface area contributed by atoms with Crippen LogP contribution < -0.4 is 0 Å². The number of halogens is 1. The molecule has 0 N–H and O–H groups in total. The number of benzene rings is 1. The number of thioether (sulfide) groups is 1. The Kier molecular flexibility index (Phi) is 5.05. The lowest BCUT2D eigenvalue weighted by molar-refractivity contribution is 0.391. The van der Waals surface area contributed by atoms with Gasteiger partial charge in [-0.25, -0.2) is 0 Å². The van der Waals surface area contributed by atoms with E-state index in [0.29, 0.717) is 22.5 Å². The zero-order valence-electron chi connectivity index (χ0n) is 13.8. The summed E-state index contributed by atoms with van der Waals surface area (Å²) in [6.07, 6.45) is 0. The minimum atomic E-state index is 0.488. The first kappa shape index (κ1) is 17.3. The number of hydrogen-bond donors (Lipinski definition) is 0. The standard InChI is InChI=1S/C17H14ClN5OS2/c1-2-23-16(13-8-5-9-25-13)20-21-17(23)26-10-14-19-15(22-24-14)11-6-3-4-7-12(11)18/h3-9H,2,10H2,1H3. The maximum absolute atomic E-state index is 6.18. The molecule has 0 unspecified atom stereocenters. The van der Waals surface area contributed by atoms with Crippen molar-refractivity contribution >= 4 is 34.7 Å². The maximum atomic E-state index is 6.18. The summed E-state index contributed by atoms with van der Waals surface area (Å²) in [5, 5.41) is 16.1. The monoisotopic (exact) mass is 403 g/mol. The molecule has 3 heterocycles. The van der Waals surface area contributed by atoms with Gasteiger partial charge < -0.3 is 9.09 Å². The molecule has 0 saturated heterocycles. The Bertz CT molecular complexity index is 1010. The molecular formula is C17H14ClN5OS2. The number of nitrogens with zero attached hydrogens (tertiary/aromatic N) is 5. The Hall–Kier alpha value is -2.16. The summed E-state index contributed by atoms with van der Waals surface area (Å²) in [6.45, 7) is 2.87. The van der Waals surface area contributed by atoms with E-state index in [1.807, 2.05) is 35.7 Å². The third kappa shape index (κ3) is 3.40. The zero-order valence-corrected chi connectivity index (χ0v) is 16.2. The van der Waals surface area contributed by atoms with Gasteiger partial charge in [0.05, 0.1) is 15.7 Å². The molecule has 0 amide bonds. The molecule has 0 aliphatic carbocycles. The van der Waals surface area contributed by atoms with Gasteiger partial charge >= 0.3 is 0 Å². The van der Waals surface area contributed by atoms with Crippen LogP contribution in [0.2, 0.25) is 5.02 Å². The molecule has 0 fully saturated rings. The molecule has 0 bridgehead atoms. The highest BCUT2D eigenvalue weighted by molar-refractivity contribution is 7.98. The zero-order chi connectivity index (χ0) is 17.9. The Morgan fingerprint density at radius 1 is 1.19 bits per heavy atom. The van der Waals surface area contributed by atoms with E-state index in [-0.39, 0.29) is 0 Å². The van der Waals surface area contributed by atoms with Crippen molar-refractivity contribution in [3.63, 3.8) is 0 Å². The smallest absolute Gasteiger partial charge is 0.237 e. The summed E-state index contributed by atoms with van der Waals surface area (Å²) < 4.78 is 7.44. The van der Waals surface area contributed by atoms with Crippen LogP contribution in [0.4, 0.5) is 0 Å². The third-order valence-electron chi connectivity index (χ3n) is 3.68. The normalized spacial score (nSPS) is 11.2. The van der Waals surface area contributed by atoms with E-state index in [9.17, 15) is 0 Å². The fraction of sp³-hybridized carbons (Fsp3) is 0.176. The van der Waals surface area contributed by atoms with E-state index >= 15 is 0 Å². The number of aromatic nitrogens is 5. The van der Waals surface area contributed by atoms with Gasteiger partial charge in [-0.15, -0.1) is 21.5 Å². The van der Waals surface area contributed by atoms with E-state index in [0.717, 1.165) is 28.0 Å². The molecule has 0 spiro atoms. The first-order valence-electron chi connectivity index (χ1n) is 7.93. The highest BCUT2D eigenvalue weighted by Crippen LogP contribution is 2.29. The van der Waals surface area contributed by atoms with Gasteiger partial charge in [-0.05, 0) is 30.5 Å². The molecule has 0 radical (unpaired) electrons. The van der Waals surface area contributed by atoms with Gasteiger partial charge in [-0.1, -0.05) is 46.7 Å². The molecule has 0 saturated carbocycles. The van der Waals surface area contributed by atoms with Crippen molar-refractivity contribution in [3.05, 3.63) is 52.7 Å². The van der Waals surface area contributed by atoms with Crippen LogP contribution in [0, 0.1) is 0 Å². The highest BCUT2D eigenvalue weighted by atomic mass is 35.5. The summed E-state index contributed by atoms with van der Waals surface area (Å²) in [5.41, 5.74) is 0.755. The van der Waals surface area contributed by atoms with Gasteiger partial charge in [0.15, 0.2) is 11.0 Å². The average Bonchev–Trinajstić information content (AvgIpc) is 3.39. The van der Waals surface area contributed by atoms with Gasteiger partial charge in [0.2, 0.25) is 11.7 Å². The molecule has 9 heteroatoms. The summed E-state index contributed by atoms with van der Waals surface area (Å²) >= 11 is 9.35. The lowest BCUT2D eigenvalue weighted by atomic mass is 10.2. The lowest BCUT2D eigenvalue weighted by Gasteiger charge is -2.04. The largest absolute Gasteiger partial charge is 0.338 e. The van der Waals surface area contributed by atoms with E-state index in [1.165, 1.54) is 11.8 Å². The van der Waals surface area contributed by atoms with E-state index in [2.05, 4.69) is 31.8 Å². The fourth-order valence-corrected chi connectivity index (χ4v) is 4.24. The van der Waals surface area contributed by atoms with Crippen LogP contribution >= 0.6 is 34.7 Å². The van der Waals surface area contributed by atoms with Gasteiger partial charge in [0.1, 0.15) is 0 Å². The topological polar surface area (TPSA) is 69.6 Å². The summed E-state index contributed by atoms with van der Waals surface area (Å²) in [5.74, 6) is 2.41. The first-order chi connectivity index (χ1) is 12.8. The minimum Gasteiger partial charge on any atom is -0.338 e. The maximum Gasteiger partial charge on any atom is 0.237 e. The predicted molar refractivity (Wildman–Crippen MR) is 103 cm³/mol. The molecular weight excluding hydrogens is 390 g/mol. The van der Waals surface area contributed by atoms with Crippen molar-refractivity contribution in [3.8, 4) is 22.1 Å². The summed E-state index contributed by atoms with van der Waals surface area (Å²) in [4.78, 5) is 5.53. The second kappa shape index (κ2) is 7.61. The van der Waals surface area contributed by atoms with Crippen molar-refractivity contribution in [2.75, 3.05) is 0 Å². The van der Waals surface area contributed by atoms with Crippen molar-refractivity contribution < 1.29 is 4.52 Å². The second-order valence-corrected chi connectivity index (χ2v) is 7.61. The molecule has 6 nitrogen and oxygen atoms in total. The van der Waals surface area contributed by atoms with Crippen LogP contribution in [-0.2, 0) is 12.3 Å². The van der Waals surface area contributed by atoms with Crippen molar-refractivity contribution in [1.29, 1.82) is 0 Å². The second-order valence-electron chi connectivity index (χ2n) is 5.31. The van der Waals surface area contributed by atoms with Crippen LogP contribution in [0.5, 0.6) is 0 Å². The number of thiophene rings is 1. The van der Waals surface area contributed by atoms with Gasteiger partial charge in [0, 0.05) is 12.1 Å². The van der Waals surface area contributed by atoms with E-state index < -0.39 is 0 Å². The predicted octanol–water partition coefficient (Wildman–Crippen LogP) is 5.02. The third-order valence-corrected chi connectivity index (χ3v) is 5.83. The lowest BCUT2D eigenvalue weighted by Crippen LogP contribution is -1.99. The fourth-order valence-electron chi connectivity index (χ4n) is 2.46. The Morgan fingerprint density at radius 2 is 2.08 bits per heavy atom. The molecule has 0 atom stereocenters. The van der Waals surface area contributed by atoms with Crippen LogP contribution in [0.25, 0.3) is 22.1 Å². The molecule has 0 aliphatic rings. The van der Waals surface area contributed by atoms with Crippen molar-refractivity contribution in [2.45, 2.75) is 24.4 Å². The average molecular weight is 404 g/mol. The molecule has 4 rings (SSSR count). The Balaban J connectivity index is 1.51. The summed E-state index contributed by atoms with van der Waals surface area (Å²) in [7, 11) is 0. The van der Waals surface area contributed by atoms with E-state index in [4.69, 9.17) is 16.1 Å². The molecule has 132 valence electrons. The van der Waals surface area contributed by atoms with Crippen LogP contribution in [0.3, 0.4) is 0 Å². The van der Waals surface area contributed by atoms with Crippen LogP contribution in [0.1, 0.15) is 12.8 Å². The SMILES string of the molecule is CCn1c(SCc2nc(-c3ccccc3Cl)no2)nnc1-c1cccs1. The quantitative estimate of drug-likeness (QED) is 0.421. The molecule has 1 aromatic carbocycles. The van der Waals surface area contributed by atoms with Gasteiger partial charge in [0.25, 0.3) is 0 Å². The molecule has 3 aromatic heterocycles. The molecule has 26 heavy (non-hydrogen) atoms. The Labute approximate surface area is 163 Å². The first-order valence-corrected chi connectivity index (χ1v) is 10.2. The highest BCUT2D eigenvalue weighted by Gasteiger charge is 2.16. The number of rotatable bonds is 6. The van der Waals surface area contributed by atoms with Crippen molar-refractivity contribution in [2.24, 2.45) is 0 Å². The van der Waals surface area contributed by atoms with Crippen LogP contribution in [-0.4, -0.2) is 24.9 Å². The Morgan fingerprint density at radius 3 is 2.85 bits per heavy atom. The van der Waals surface area contributed by atoms with Gasteiger partial charge in [-0.3, -0.25) is 0 Å². The van der Waals surface area contributed by atoms with E-state index in [1.54, 1.807) is 17.4 Å². The van der Waals surface area contributed by atoms with Crippen LogP contribution in [0.15, 0.2) is 51.5 Å². The van der Waals surface area contributed by atoms with Crippen molar-refractivity contribution in [1.82, 2.24) is 24.9 Å². The van der Waals surface area contributed by atoms with Gasteiger partial charge in [-0.2, -0.15) is 4.98 Å². The molecule has 0 aliphatic heterocycles. The number of hydrogen-bond acceptors (Lipinski definition) is 7. The summed E-state index contributed by atoms with van der Waals surface area (Å²) in [6, 6.07) is 11.5. The minimum absolute atomic E-state index is 0.488.